The third-order valence-electron chi connectivity index (χ3n) is 7.16. The fourth-order valence-corrected chi connectivity index (χ4v) is 5.02. The van der Waals surface area contributed by atoms with Crippen LogP contribution in [0, 0.1) is 23.1 Å². The Kier molecular flexibility index (Phi) is 8.33. The van der Waals surface area contributed by atoms with Crippen molar-refractivity contribution in [3.63, 3.8) is 0 Å². The lowest BCUT2D eigenvalue weighted by atomic mass is 9.87. The first-order chi connectivity index (χ1) is 15.5. The van der Waals surface area contributed by atoms with E-state index >= 15 is 0 Å². The van der Waals surface area contributed by atoms with Crippen LogP contribution in [-0.2, 0) is 25.5 Å². The van der Waals surface area contributed by atoms with Gasteiger partial charge in [-0.1, -0.05) is 25.1 Å². The second-order valence-electron chi connectivity index (χ2n) is 11.1. The first kappa shape index (κ1) is 25.8. The van der Waals surface area contributed by atoms with Crippen LogP contribution in [0.25, 0.3) is 0 Å². The molecule has 0 aromatic heterocycles. The number of methoxy groups -OCH3 is 1. The van der Waals surface area contributed by atoms with Crippen LogP contribution >= 0.6 is 0 Å². The van der Waals surface area contributed by atoms with Gasteiger partial charge in [0.2, 0.25) is 0 Å². The molecule has 1 aromatic carbocycles. The van der Waals surface area contributed by atoms with Gasteiger partial charge in [0.15, 0.2) is 0 Å². The molecule has 0 radical (unpaired) electrons. The van der Waals surface area contributed by atoms with Crippen molar-refractivity contribution in [2.24, 2.45) is 17.3 Å². The van der Waals surface area contributed by atoms with Crippen molar-refractivity contribution >= 4 is 11.8 Å². The van der Waals surface area contributed by atoms with Gasteiger partial charge in [0.05, 0.1) is 12.0 Å². The number of ether oxygens (including phenoxy) is 2. The zero-order chi connectivity index (χ0) is 24.2. The zero-order valence-electron chi connectivity index (χ0n) is 20.8. The number of rotatable bonds is 11. The molecule has 1 unspecified atom stereocenters. The molecule has 0 bridgehead atoms. The number of carbonyl (C=O) groups is 2. The lowest BCUT2D eigenvalue weighted by molar-refractivity contribution is -0.160. The number of hydrogen-bond acceptors (Lipinski definition) is 5. The Morgan fingerprint density at radius 1 is 1.24 bits per heavy atom. The van der Waals surface area contributed by atoms with Crippen molar-refractivity contribution < 1.29 is 23.5 Å². The lowest BCUT2D eigenvalue weighted by Crippen LogP contribution is -2.43. The van der Waals surface area contributed by atoms with Gasteiger partial charge in [0, 0.05) is 32.0 Å². The topological polar surface area (TPSA) is 64.6 Å². The smallest absolute Gasteiger partial charge is 0.309 e. The highest BCUT2D eigenvalue weighted by atomic mass is 19.1. The van der Waals surface area contributed by atoms with E-state index in [-0.39, 0.29) is 42.1 Å². The van der Waals surface area contributed by atoms with Gasteiger partial charge in [0.25, 0.3) is 0 Å². The molecule has 5 nitrogen and oxygen atoms in total. The van der Waals surface area contributed by atoms with E-state index in [0.717, 1.165) is 13.0 Å². The molecule has 1 aliphatic carbocycles. The number of esters is 1. The third-order valence-corrected chi connectivity index (χ3v) is 7.16. The fourth-order valence-electron chi connectivity index (χ4n) is 5.02. The molecule has 33 heavy (non-hydrogen) atoms. The van der Waals surface area contributed by atoms with Crippen LogP contribution in [0.4, 0.5) is 4.39 Å². The molecule has 0 amide bonds. The number of nitrogens with one attached hydrogen (secondary N) is 1. The summed E-state index contributed by atoms with van der Waals surface area (Å²) in [5.74, 6) is -1.22. The maximum Gasteiger partial charge on any atom is 0.309 e. The molecule has 1 N–H and O–H groups in total. The molecule has 1 saturated carbocycles. The lowest BCUT2D eigenvalue weighted by Gasteiger charge is -2.28. The Morgan fingerprint density at radius 2 is 1.94 bits per heavy atom. The molecule has 2 fully saturated rings. The molecule has 184 valence electrons. The number of ketones is 1. The van der Waals surface area contributed by atoms with Gasteiger partial charge in [-0.25, -0.2) is 4.39 Å². The zero-order valence-corrected chi connectivity index (χ0v) is 20.8. The molecule has 1 aromatic rings. The van der Waals surface area contributed by atoms with Crippen molar-refractivity contribution in [2.75, 3.05) is 13.7 Å². The maximum absolute atomic E-state index is 14.2. The van der Waals surface area contributed by atoms with E-state index in [2.05, 4.69) is 5.32 Å². The van der Waals surface area contributed by atoms with E-state index in [9.17, 15) is 14.0 Å². The highest BCUT2D eigenvalue weighted by Gasteiger charge is 2.50. The van der Waals surface area contributed by atoms with Crippen LogP contribution in [0.5, 0.6) is 0 Å². The molecular formula is C27H40FNO4. The van der Waals surface area contributed by atoms with Gasteiger partial charge in [-0.15, -0.1) is 0 Å². The van der Waals surface area contributed by atoms with E-state index < -0.39 is 11.5 Å². The van der Waals surface area contributed by atoms with E-state index in [4.69, 9.17) is 9.47 Å². The van der Waals surface area contributed by atoms with Gasteiger partial charge in [-0.2, -0.15) is 0 Å². The van der Waals surface area contributed by atoms with E-state index in [0.29, 0.717) is 30.2 Å². The van der Waals surface area contributed by atoms with Crippen molar-refractivity contribution in [2.45, 2.75) is 90.4 Å². The first-order valence-electron chi connectivity index (χ1n) is 12.3. The van der Waals surface area contributed by atoms with Crippen LogP contribution in [-0.4, -0.2) is 43.2 Å². The molecule has 1 saturated heterocycles. The Bertz CT molecular complexity index is 830. The van der Waals surface area contributed by atoms with Gasteiger partial charge >= 0.3 is 5.97 Å². The number of carbonyl (C=O) groups excluding carboxylic acids is 2. The summed E-state index contributed by atoms with van der Waals surface area (Å²) >= 11 is 0. The molecule has 6 heteroatoms. The summed E-state index contributed by atoms with van der Waals surface area (Å²) in [4.78, 5) is 25.8. The Hall–Kier alpha value is -1.79. The SMILES string of the molecule is CO[C@@H]([C@@H]1CC2(CC2)CN1)[C@@H](C)C(=O)CCCC(Cc1ccccc1F)C(=O)OC(C)(C)C. The molecular weight excluding hydrogens is 421 g/mol. The normalized spacial score (nSPS) is 22.1. The van der Waals surface area contributed by atoms with E-state index in [1.807, 2.05) is 27.7 Å². The van der Waals surface area contributed by atoms with E-state index in [1.165, 1.54) is 18.9 Å². The quantitative estimate of drug-likeness (QED) is 0.477. The van der Waals surface area contributed by atoms with Gasteiger partial charge in [0.1, 0.15) is 17.2 Å². The number of hydrogen-bond donors (Lipinski definition) is 1. The average Bonchev–Trinajstić information content (AvgIpc) is 3.37. The Balaban J connectivity index is 1.56. The van der Waals surface area contributed by atoms with Crippen molar-refractivity contribution in [3.05, 3.63) is 35.6 Å². The summed E-state index contributed by atoms with van der Waals surface area (Å²) in [6, 6.07) is 6.72. The third kappa shape index (κ3) is 7.10. The average molecular weight is 462 g/mol. The van der Waals surface area contributed by atoms with Gasteiger partial charge in [-0.05, 0) is 76.3 Å². The minimum absolute atomic E-state index is 0.141. The first-order valence-corrected chi connectivity index (χ1v) is 12.3. The summed E-state index contributed by atoms with van der Waals surface area (Å²) in [6.07, 6.45) is 5.14. The fraction of sp³-hybridized carbons (Fsp3) is 0.704. The maximum atomic E-state index is 14.2. The highest BCUT2D eigenvalue weighted by molar-refractivity contribution is 5.81. The molecule has 1 heterocycles. The van der Waals surface area contributed by atoms with Crippen LogP contribution in [0.2, 0.25) is 0 Å². The second-order valence-corrected chi connectivity index (χ2v) is 11.1. The van der Waals surface area contributed by atoms with Crippen molar-refractivity contribution in [1.82, 2.24) is 5.32 Å². The number of Topliss-reactive ketones (excluding diaryl/α,β-unsaturated/α-hetero) is 1. The summed E-state index contributed by atoms with van der Waals surface area (Å²) in [5, 5.41) is 3.57. The minimum atomic E-state index is -0.617. The second kappa shape index (κ2) is 10.6. The monoisotopic (exact) mass is 461 g/mol. The summed E-state index contributed by atoms with van der Waals surface area (Å²) < 4.78 is 25.6. The predicted octanol–water partition coefficient (Wildman–Crippen LogP) is 4.86. The van der Waals surface area contributed by atoms with Crippen molar-refractivity contribution in [1.29, 1.82) is 0 Å². The molecule has 3 rings (SSSR count). The van der Waals surface area contributed by atoms with Crippen LogP contribution in [0.1, 0.15) is 71.8 Å². The van der Waals surface area contributed by atoms with Gasteiger partial charge in [-0.3, -0.25) is 9.59 Å². The van der Waals surface area contributed by atoms with Gasteiger partial charge < -0.3 is 14.8 Å². The summed E-state index contributed by atoms with van der Waals surface area (Å²) in [7, 11) is 1.68. The predicted molar refractivity (Wildman–Crippen MR) is 126 cm³/mol. The molecule has 4 atom stereocenters. The standard InChI is InChI=1S/C27H40FNO4/c1-18(24(32-5)22-16-27(13-14-27)17-29-22)23(30)12-8-10-20(25(31)33-26(2,3)4)15-19-9-6-7-11-21(19)28/h6-7,9,11,18,20,22,24,29H,8,10,12-17H2,1-5H3/t18-,20?,22-,24+/m0/s1. The van der Waals surface area contributed by atoms with Crippen LogP contribution < -0.4 is 5.32 Å². The van der Waals surface area contributed by atoms with E-state index in [1.54, 1.807) is 25.3 Å². The largest absolute Gasteiger partial charge is 0.460 e. The van der Waals surface area contributed by atoms with Crippen LogP contribution in [0.3, 0.4) is 0 Å². The molecule has 1 aliphatic heterocycles. The number of benzene rings is 1. The Labute approximate surface area is 197 Å². The molecule has 1 spiro atoms. The minimum Gasteiger partial charge on any atom is -0.460 e. The van der Waals surface area contributed by atoms with Crippen LogP contribution in [0.15, 0.2) is 24.3 Å². The molecule has 2 aliphatic rings. The summed E-state index contributed by atoms with van der Waals surface area (Å²) in [5.41, 5.74) is 0.319. The number of halogens is 1. The highest BCUT2D eigenvalue weighted by Crippen LogP contribution is 2.52. The summed E-state index contributed by atoms with van der Waals surface area (Å²) in [6.45, 7) is 8.44. The van der Waals surface area contributed by atoms with Crippen molar-refractivity contribution in [3.8, 4) is 0 Å². The Morgan fingerprint density at radius 3 is 2.52 bits per heavy atom.